The summed E-state index contributed by atoms with van der Waals surface area (Å²) in [6.45, 7) is 5.28. The highest BCUT2D eigenvalue weighted by Crippen LogP contribution is 2.26. The monoisotopic (exact) mass is 547 g/mol. The SMILES string of the molecule is CCCCCCCCC(O)C(C)=CCCCCOc1ccc(OCCCCC(=O)N(C)C)cc1CCC(=O)O. The Balaban J connectivity index is 2.41. The smallest absolute Gasteiger partial charge is 0.303 e. The van der Waals surface area contributed by atoms with Crippen LogP contribution in [0.3, 0.4) is 0 Å². The molecule has 0 aliphatic carbocycles. The number of carbonyl (C=O) groups excluding carboxylic acids is 1. The van der Waals surface area contributed by atoms with E-state index in [1.165, 1.54) is 32.1 Å². The molecule has 0 aliphatic rings. The number of aliphatic hydroxyl groups excluding tert-OH is 1. The molecule has 0 saturated heterocycles. The second kappa shape index (κ2) is 21.3. The fourth-order valence-corrected chi connectivity index (χ4v) is 4.26. The van der Waals surface area contributed by atoms with Gasteiger partial charge in [0.15, 0.2) is 0 Å². The number of hydrogen-bond donors (Lipinski definition) is 2. The highest BCUT2D eigenvalue weighted by atomic mass is 16.5. The number of aliphatic carboxylic acids is 1. The van der Waals surface area contributed by atoms with E-state index >= 15 is 0 Å². The van der Waals surface area contributed by atoms with Crippen LogP contribution >= 0.6 is 0 Å². The van der Waals surface area contributed by atoms with E-state index < -0.39 is 5.97 Å². The number of unbranched alkanes of at least 4 members (excludes halogenated alkanes) is 8. The molecule has 1 atom stereocenters. The second-order valence-electron chi connectivity index (χ2n) is 10.6. The number of nitrogens with zero attached hydrogens (tertiary/aromatic N) is 1. The maximum Gasteiger partial charge on any atom is 0.303 e. The predicted molar refractivity (Wildman–Crippen MR) is 158 cm³/mol. The first kappa shape index (κ1) is 34.5. The molecule has 1 amide bonds. The molecule has 0 radical (unpaired) electrons. The summed E-state index contributed by atoms with van der Waals surface area (Å²) >= 11 is 0. The number of amides is 1. The topological polar surface area (TPSA) is 96.3 Å². The highest BCUT2D eigenvalue weighted by molar-refractivity contribution is 5.75. The first-order valence-corrected chi connectivity index (χ1v) is 14.9. The summed E-state index contributed by atoms with van der Waals surface area (Å²) in [5.41, 5.74) is 1.88. The van der Waals surface area contributed by atoms with Crippen LogP contribution < -0.4 is 9.47 Å². The summed E-state index contributed by atoms with van der Waals surface area (Å²) in [4.78, 5) is 24.4. The Labute approximate surface area is 236 Å². The molecule has 7 heteroatoms. The summed E-state index contributed by atoms with van der Waals surface area (Å²) < 4.78 is 11.8. The lowest BCUT2D eigenvalue weighted by atomic mass is 10.0. The Hall–Kier alpha value is -2.54. The molecule has 0 aromatic heterocycles. The number of aliphatic hydroxyl groups is 1. The maximum absolute atomic E-state index is 11.7. The van der Waals surface area contributed by atoms with Crippen molar-refractivity contribution in [2.75, 3.05) is 27.3 Å². The first-order chi connectivity index (χ1) is 18.7. The third-order valence-electron chi connectivity index (χ3n) is 6.87. The van der Waals surface area contributed by atoms with Gasteiger partial charge in [0.05, 0.1) is 19.3 Å². The number of hydrogen-bond acceptors (Lipinski definition) is 5. The van der Waals surface area contributed by atoms with Crippen LogP contribution in [0.4, 0.5) is 0 Å². The minimum absolute atomic E-state index is 0.0254. The van der Waals surface area contributed by atoms with Crippen molar-refractivity contribution in [3.05, 3.63) is 35.4 Å². The zero-order chi connectivity index (χ0) is 28.9. The molecule has 0 saturated carbocycles. The maximum atomic E-state index is 11.7. The normalized spacial score (nSPS) is 12.3. The van der Waals surface area contributed by atoms with Crippen molar-refractivity contribution in [1.82, 2.24) is 4.90 Å². The summed E-state index contributed by atoms with van der Waals surface area (Å²) in [7, 11) is 3.51. The zero-order valence-corrected chi connectivity index (χ0v) is 24.9. The molecule has 0 bridgehead atoms. The molecule has 1 aromatic rings. The predicted octanol–water partition coefficient (Wildman–Crippen LogP) is 6.95. The van der Waals surface area contributed by atoms with Crippen molar-refractivity contribution >= 4 is 11.9 Å². The average molecular weight is 548 g/mol. The van der Waals surface area contributed by atoms with Gasteiger partial charge in [-0.1, -0.05) is 51.5 Å². The van der Waals surface area contributed by atoms with Gasteiger partial charge >= 0.3 is 5.97 Å². The Morgan fingerprint density at radius 2 is 1.62 bits per heavy atom. The molecule has 39 heavy (non-hydrogen) atoms. The summed E-state index contributed by atoms with van der Waals surface area (Å²) in [5, 5.41) is 19.5. The lowest BCUT2D eigenvalue weighted by Crippen LogP contribution is -2.21. The number of allylic oxidation sites excluding steroid dienone is 1. The fraction of sp³-hybridized carbons (Fsp3) is 0.688. The fourth-order valence-electron chi connectivity index (χ4n) is 4.26. The molecule has 0 fully saturated rings. The third kappa shape index (κ3) is 16.9. The largest absolute Gasteiger partial charge is 0.494 e. The van der Waals surface area contributed by atoms with Crippen LogP contribution in [0.15, 0.2) is 29.8 Å². The van der Waals surface area contributed by atoms with E-state index in [9.17, 15) is 14.7 Å². The minimum atomic E-state index is -0.848. The van der Waals surface area contributed by atoms with Crippen LogP contribution in [0, 0.1) is 0 Å². The van der Waals surface area contributed by atoms with Crippen LogP contribution in [0.25, 0.3) is 0 Å². The van der Waals surface area contributed by atoms with Crippen molar-refractivity contribution in [2.24, 2.45) is 0 Å². The van der Waals surface area contributed by atoms with E-state index in [4.69, 9.17) is 14.6 Å². The lowest BCUT2D eigenvalue weighted by molar-refractivity contribution is -0.137. The molecule has 222 valence electrons. The minimum Gasteiger partial charge on any atom is -0.494 e. The van der Waals surface area contributed by atoms with Gasteiger partial charge in [-0.05, 0) is 81.2 Å². The molecule has 1 unspecified atom stereocenters. The molecule has 1 rings (SSSR count). The third-order valence-corrected chi connectivity index (χ3v) is 6.87. The number of carboxylic acid groups (broad SMARTS) is 1. The molecule has 0 heterocycles. The second-order valence-corrected chi connectivity index (χ2v) is 10.6. The Morgan fingerprint density at radius 1 is 0.923 bits per heavy atom. The molecule has 1 aromatic carbocycles. The van der Waals surface area contributed by atoms with E-state index in [1.54, 1.807) is 19.0 Å². The van der Waals surface area contributed by atoms with Crippen LogP contribution in [0.1, 0.15) is 109 Å². The van der Waals surface area contributed by atoms with Crippen molar-refractivity contribution in [1.29, 1.82) is 0 Å². The van der Waals surface area contributed by atoms with Crippen molar-refractivity contribution in [3.63, 3.8) is 0 Å². The van der Waals surface area contributed by atoms with E-state index in [1.807, 2.05) is 25.1 Å². The van der Waals surface area contributed by atoms with Crippen LogP contribution in [-0.2, 0) is 16.0 Å². The molecule has 0 aliphatic heterocycles. The quantitative estimate of drug-likeness (QED) is 0.114. The van der Waals surface area contributed by atoms with E-state index in [-0.39, 0.29) is 18.4 Å². The number of carboxylic acids is 1. The van der Waals surface area contributed by atoms with Crippen molar-refractivity contribution in [3.8, 4) is 11.5 Å². The van der Waals surface area contributed by atoms with Gasteiger partial charge in [-0.25, -0.2) is 0 Å². The molecular weight excluding hydrogens is 494 g/mol. The Kier molecular flexibility index (Phi) is 18.8. The van der Waals surface area contributed by atoms with Gasteiger partial charge in [0.1, 0.15) is 11.5 Å². The molecule has 2 N–H and O–H groups in total. The van der Waals surface area contributed by atoms with Gasteiger partial charge in [-0.2, -0.15) is 0 Å². The van der Waals surface area contributed by atoms with Gasteiger partial charge in [0.2, 0.25) is 5.91 Å². The zero-order valence-electron chi connectivity index (χ0n) is 24.9. The average Bonchev–Trinajstić information content (AvgIpc) is 2.91. The first-order valence-electron chi connectivity index (χ1n) is 14.9. The number of ether oxygens (including phenoxy) is 2. The van der Waals surface area contributed by atoms with Gasteiger partial charge < -0.3 is 24.6 Å². The number of benzene rings is 1. The molecular formula is C32H53NO6. The Bertz CT molecular complexity index is 851. The highest BCUT2D eigenvalue weighted by Gasteiger charge is 2.10. The molecule has 0 spiro atoms. The number of carbonyl (C=O) groups is 2. The van der Waals surface area contributed by atoms with Crippen LogP contribution in [0.5, 0.6) is 11.5 Å². The van der Waals surface area contributed by atoms with Crippen molar-refractivity contribution < 1.29 is 29.3 Å². The van der Waals surface area contributed by atoms with E-state index in [0.717, 1.165) is 56.1 Å². The number of aryl methyl sites for hydroxylation is 1. The van der Waals surface area contributed by atoms with Crippen molar-refractivity contribution in [2.45, 2.75) is 116 Å². The summed E-state index contributed by atoms with van der Waals surface area (Å²) in [5.74, 6) is 0.640. The summed E-state index contributed by atoms with van der Waals surface area (Å²) in [6.07, 6.45) is 15.2. The van der Waals surface area contributed by atoms with Crippen LogP contribution in [0.2, 0.25) is 0 Å². The number of rotatable bonds is 23. The van der Waals surface area contributed by atoms with Gasteiger partial charge in [0, 0.05) is 26.9 Å². The summed E-state index contributed by atoms with van der Waals surface area (Å²) in [6, 6.07) is 5.56. The van der Waals surface area contributed by atoms with Gasteiger partial charge in [0.25, 0.3) is 0 Å². The van der Waals surface area contributed by atoms with Crippen LogP contribution in [-0.4, -0.2) is 60.4 Å². The Morgan fingerprint density at radius 3 is 2.33 bits per heavy atom. The molecule has 7 nitrogen and oxygen atoms in total. The van der Waals surface area contributed by atoms with Gasteiger partial charge in [-0.15, -0.1) is 0 Å². The lowest BCUT2D eigenvalue weighted by Gasteiger charge is -2.14. The standard InChI is InChI=1S/C32H53NO6/c1-5-6-7-8-9-12-17-29(34)26(2)16-11-10-14-24-39-30-21-20-28(25-27(30)19-22-32(36)37)38-23-15-13-18-31(35)33(3)4/h16,20-21,25,29,34H,5-15,17-19,22-24H2,1-4H3,(H,36,37). The van der Waals surface area contributed by atoms with Gasteiger partial charge in [-0.3, -0.25) is 9.59 Å². The van der Waals surface area contributed by atoms with E-state index in [2.05, 4.69) is 13.0 Å². The van der Waals surface area contributed by atoms with E-state index in [0.29, 0.717) is 37.6 Å².